The first-order valence-electron chi connectivity index (χ1n) is 11.0. The summed E-state index contributed by atoms with van der Waals surface area (Å²) in [7, 11) is 0. The fraction of sp³-hybridized carbons (Fsp3) is 0.333. The lowest BCUT2D eigenvalue weighted by Crippen LogP contribution is -2.26. The molecular weight excluding hydrogens is 464 g/mol. The quantitative estimate of drug-likeness (QED) is 0.403. The minimum atomic E-state index is -2.63. The highest BCUT2D eigenvalue weighted by atomic mass is 32.2. The summed E-state index contributed by atoms with van der Waals surface area (Å²) in [4.78, 5) is 42.5. The van der Waals surface area contributed by atoms with Crippen molar-refractivity contribution < 1.29 is 23.1 Å². The van der Waals surface area contributed by atoms with E-state index in [1.165, 1.54) is 24.3 Å². The van der Waals surface area contributed by atoms with Gasteiger partial charge in [-0.15, -0.1) is 0 Å². The summed E-state index contributed by atoms with van der Waals surface area (Å²) < 4.78 is 32.2. The average Bonchev–Trinajstić information content (AvgIpc) is 2.79. The van der Waals surface area contributed by atoms with Crippen molar-refractivity contribution in [3.05, 3.63) is 64.2 Å². The smallest absolute Gasteiger partial charge is 0.338 e. The van der Waals surface area contributed by atoms with Crippen molar-refractivity contribution in [2.24, 2.45) is 0 Å². The standard InChI is InChI=1S/C24H23F2N3O4S/c25-24(26)34-19-8-5-4-7-17(19)28-21(30)14-33-23(32)15-10-11-16-18(13-15)27-20-9-3-1-2-6-12-29(20)22(16)31/h4-5,7-8,10-11,13,24H,1-3,6,9,12,14H2,(H,28,30). The number of amides is 1. The van der Waals surface area contributed by atoms with Crippen molar-refractivity contribution in [3.63, 3.8) is 0 Å². The van der Waals surface area contributed by atoms with Crippen LogP contribution in [0.25, 0.3) is 10.9 Å². The van der Waals surface area contributed by atoms with Gasteiger partial charge in [0.2, 0.25) is 0 Å². The lowest BCUT2D eigenvalue weighted by atomic mass is 10.1. The number of benzene rings is 2. The summed E-state index contributed by atoms with van der Waals surface area (Å²) >= 11 is 0.313. The van der Waals surface area contributed by atoms with Gasteiger partial charge in [0.25, 0.3) is 17.2 Å². The first-order chi connectivity index (χ1) is 16.4. The molecule has 0 spiro atoms. The predicted molar refractivity (Wildman–Crippen MR) is 125 cm³/mol. The molecule has 1 amide bonds. The molecule has 0 radical (unpaired) electrons. The highest BCUT2D eigenvalue weighted by Gasteiger charge is 2.17. The van der Waals surface area contributed by atoms with E-state index in [0.29, 0.717) is 41.5 Å². The monoisotopic (exact) mass is 487 g/mol. The number of nitrogens with one attached hydrogen (secondary N) is 1. The zero-order chi connectivity index (χ0) is 24.1. The number of halogens is 2. The maximum Gasteiger partial charge on any atom is 0.338 e. The summed E-state index contributed by atoms with van der Waals surface area (Å²) in [5.41, 5.74) is 0.660. The molecule has 1 aliphatic rings. The van der Waals surface area contributed by atoms with Crippen LogP contribution in [0, 0.1) is 0 Å². The molecule has 3 aromatic rings. The molecule has 1 aromatic heterocycles. The SMILES string of the molecule is O=C(COC(=O)c1ccc2c(=O)n3c(nc2c1)CCCCCC3)Nc1ccccc1SC(F)F. The second-order valence-corrected chi connectivity index (χ2v) is 8.91. The minimum Gasteiger partial charge on any atom is -0.452 e. The van der Waals surface area contributed by atoms with E-state index in [-0.39, 0.29) is 21.7 Å². The third kappa shape index (κ3) is 5.61. The van der Waals surface area contributed by atoms with Gasteiger partial charge in [0, 0.05) is 17.9 Å². The number of aryl methyl sites for hydroxylation is 1. The van der Waals surface area contributed by atoms with Crippen LogP contribution < -0.4 is 10.9 Å². The van der Waals surface area contributed by atoms with Gasteiger partial charge in [-0.05, 0) is 43.2 Å². The van der Waals surface area contributed by atoms with Gasteiger partial charge in [-0.25, -0.2) is 9.78 Å². The van der Waals surface area contributed by atoms with Crippen molar-refractivity contribution in [2.45, 2.75) is 49.3 Å². The van der Waals surface area contributed by atoms with Crippen molar-refractivity contribution in [1.82, 2.24) is 9.55 Å². The molecule has 0 atom stereocenters. The molecule has 0 saturated heterocycles. The van der Waals surface area contributed by atoms with Gasteiger partial charge in [-0.3, -0.25) is 14.2 Å². The first-order valence-corrected chi connectivity index (χ1v) is 11.8. The molecule has 0 fully saturated rings. The fourth-order valence-electron chi connectivity index (χ4n) is 3.89. The summed E-state index contributed by atoms with van der Waals surface area (Å²) in [6.45, 7) is 0.0415. The predicted octanol–water partition coefficient (Wildman–Crippen LogP) is 4.62. The number of rotatable bonds is 6. The van der Waals surface area contributed by atoms with Crippen LogP contribution in [0.4, 0.5) is 14.5 Å². The van der Waals surface area contributed by atoms with Crippen molar-refractivity contribution in [2.75, 3.05) is 11.9 Å². The molecule has 178 valence electrons. The normalized spacial score (nSPS) is 13.7. The lowest BCUT2D eigenvalue weighted by Gasteiger charge is -2.16. The van der Waals surface area contributed by atoms with Gasteiger partial charge in [0.15, 0.2) is 6.61 Å². The van der Waals surface area contributed by atoms with Gasteiger partial charge in [-0.1, -0.05) is 36.7 Å². The molecule has 4 rings (SSSR count). The van der Waals surface area contributed by atoms with E-state index in [9.17, 15) is 23.2 Å². The number of fused-ring (bicyclic) bond motifs is 2. The van der Waals surface area contributed by atoms with Gasteiger partial charge in [-0.2, -0.15) is 8.78 Å². The Balaban J connectivity index is 1.45. The topological polar surface area (TPSA) is 90.3 Å². The van der Waals surface area contributed by atoms with Crippen LogP contribution >= 0.6 is 11.8 Å². The van der Waals surface area contributed by atoms with Gasteiger partial charge in [0.1, 0.15) is 5.82 Å². The Bertz CT molecular complexity index is 1280. The Morgan fingerprint density at radius 1 is 1.12 bits per heavy atom. The Kier molecular flexibility index (Phi) is 7.56. The Labute approximate surface area is 198 Å². The van der Waals surface area contributed by atoms with Crippen LogP contribution in [-0.2, 0) is 22.5 Å². The van der Waals surface area contributed by atoms with E-state index in [0.717, 1.165) is 25.7 Å². The zero-order valence-corrected chi connectivity index (χ0v) is 19.1. The molecule has 2 aromatic carbocycles. The number of hydrogen-bond acceptors (Lipinski definition) is 6. The highest BCUT2D eigenvalue weighted by Crippen LogP contribution is 2.31. The second-order valence-electron chi connectivity index (χ2n) is 7.88. The Morgan fingerprint density at radius 2 is 1.91 bits per heavy atom. The number of alkyl halides is 2. The van der Waals surface area contributed by atoms with Crippen LogP contribution in [0.2, 0.25) is 0 Å². The van der Waals surface area contributed by atoms with Crippen LogP contribution in [0.3, 0.4) is 0 Å². The largest absolute Gasteiger partial charge is 0.452 e. The first kappa shape index (κ1) is 23.9. The van der Waals surface area contributed by atoms with Crippen LogP contribution in [-0.4, -0.2) is 33.8 Å². The highest BCUT2D eigenvalue weighted by molar-refractivity contribution is 7.99. The maximum atomic E-state index is 12.9. The fourth-order valence-corrected chi connectivity index (χ4v) is 4.49. The van der Waals surface area contributed by atoms with E-state index in [1.807, 2.05) is 0 Å². The molecule has 34 heavy (non-hydrogen) atoms. The maximum absolute atomic E-state index is 12.9. The number of thioether (sulfide) groups is 1. The lowest BCUT2D eigenvalue weighted by molar-refractivity contribution is -0.119. The summed E-state index contributed by atoms with van der Waals surface area (Å²) in [5.74, 6) is -3.33. The zero-order valence-electron chi connectivity index (χ0n) is 18.3. The number of ether oxygens (including phenoxy) is 1. The van der Waals surface area contributed by atoms with Crippen LogP contribution in [0.5, 0.6) is 0 Å². The third-order valence-corrected chi connectivity index (χ3v) is 6.30. The number of aromatic nitrogens is 2. The molecule has 1 N–H and O–H groups in total. The average molecular weight is 488 g/mol. The van der Waals surface area contributed by atoms with E-state index in [1.54, 1.807) is 22.8 Å². The van der Waals surface area contributed by atoms with Crippen LogP contribution in [0.15, 0.2) is 52.2 Å². The molecule has 0 bridgehead atoms. The van der Waals surface area contributed by atoms with Gasteiger partial charge < -0.3 is 10.1 Å². The second kappa shape index (κ2) is 10.8. The molecule has 7 nitrogen and oxygen atoms in total. The van der Waals surface area contributed by atoms with E-state index in [4.69, 9.17) is 4.74 Å². The van der Waals surface area contributed by atoms with E-state index >= 15 is 0 Å². The van der Waals surface area contributed by atoms with Crippen molar-refractivity contribution in [1.29, 1.82) is 0 Å². The Morgan fingerprint density at radius 3 is 2.74 bits per heavy atom. The number of para-hydroxylation sites is 1. The van der Waals surface area contributed by atoms with E-state index < -0.39 is 24.2 Å². The van der Waals surface area contributed by atoms with Crippen LogP contribution in [0.1, 0.15) is 41.9 Å². The number of anilines is 1. The molecule has 0 unspecified atom stereocenters. The number of carbonyl (C=O) groups excluding carboxylic acids is 2. The van der Waals surface area contributed by atoms with E-state index in [2.05, 4.69) is 10.3 Å². The van der Waals surface area contributed by atoms with Gasteiger partial charge in [0.05, 0.1) is 22.2 Å². The van der Waals surface area contributed by atoms with Crippen molar-refractivity contribution in [3.8, 4) is 0 Å². The Hall–Kier alpha value is -3.27. The summed E-state index contributed by atoms with van der Waals surface area (Å²) in [6.07, 6.45) is 4.75. The summed E-state index contributed by atoms with van der Waals surface area (Å²) in [5, 5.41) is 2.90. The minimum absolute atomic E-state index is 0.124. The molecule has 2 heterocycles. The van der Waals surface area contributed by atoms with Crippen molar-refractivity contribution >= 4 is 40.2 Å². The summed E-state index contributed by atoms with van der Waals surface area (Å²) in [6, 6.07) is 10.6. The van der Waals surface area contributed by atoms with Gasteiger partial charge >= 0.3 is 5.97 Å². The molecule has 10 heteroatoms. The number of esters is 1. The number of nitrogens with zero attached hydrogens (tertiary/aromatic N) is 2. The number of hydrogen-bond donors (Lipinski definition) is 1. The number of carbonyl (C=O) groups is 2. The third-order valence-electron chi connectivity index (χ3n) is 5.51. The molecule has 0 aliphatic carbocycles. The molecular formula is C24H23F2N3O4S. The molecule has 1 aliphatic heterocycles. The molecule has 0 saturated carbocycles.